The Balaban J connectivity index is 1.89. The summed E-state index contributed by atoms with van der Waals surface area (Å²) in [6.45, 7) is 8.23. The van der Waals surface area contributed by atoms with E-state index in [4.69, 9.17) is 9.68 Å². The number of benzene rings is 1. The van der Waals surface area contributed by atoms with Crippen LogP contribution in [-0.4, -0.2) is 13.9 Å². The van der Waals surface area contributed by atoms with Crippen molar-refractivity contribution in [1.29, 1.82) is 5.26 Å². The highest BCUT2D eigenvalue weighted by molar-refractivity contribution is 6.99. The van der Waals surface area contributed by atoms with E-state index in [0.717, 1.165) is 23.2 Å². The van der Waals surface area contributed by atoms with Gasteiger partial charge in [-0.25, -0.2) is 0 Å². The van der Waals surface area contributed by atoms with Gasteiger partial charge in [0, 0.05) is 0 Å². The molecule has 0 fully saturated rings. The van der Waals surface area contributed by atoms with Gasteiger partial charge in [0.05, 0.1) is 29.0 Å². The second kappa shape index (κ2) is 7.29. The van der Waals surface area contributed by atoms with E-state index in [1.165, 1.54) is 0 Å². The Morgan fingerprint density at radius 1 is 1.19 bits per heavy atom. The van der Waals surface area contributed by atoms with Gasteiger partial charge in [0.15, 0.2) is 17.4 Å². The Morgan fingerprint density at radius 2 is 1.93 bits per heavy atom. The van der Waals surface area contributed by atoms with Crippen molar-refractivity contribution in [2.24, 2.45) is 5.41 Å². The summed E-state index contributed by atoms with van der Waals surface area (Å²) < 4.78 is 14.4. The van der Waals surface area contributed by atoms with Crippen molar-refractivity contribution in [3.05, 3.63) is 47.4 Å². The maximum atomic E-state index is 10.2. The molecule has 1 aromatic carbocycles. The molecule has 27 heavy (non-hydrogen) atoms. The summed E-state index contributed by atoms with van der Waals surface area (Å²) >= 11 is 1.05. The molecule has 2 heterocycles. The minimum absolute atomic E-state index is 0.118. The molecule has 1 atom stereocenters. The quantitative estimate of drug-likeness (QED) is 0.534. The molecule has 0 aliphatic rings. The molecule has 0 unspecified atom stereocenters. The number of anilines is 3. The second-order valence-electron chi connectivity index (χ2n) is 7.29. The highest BCUT2D eigenvalue weighted by Gasteiger charge is 2.30. The number of para-hydroxylation sites is 1. The molecule has 0 radical (unpaired) electrons. The first kappa shape index (κ1) is 18.7. The van der Waals surface area contributed by atoms with Crippen molar-refractivity contribution in [2.45, 2.75) is 33.7 Å². The van der Waals surface area contributed by atoms with Gasteiger partial charge in [0.25, 0.3) is 0 Å². The van der Waals surface area contributed by atoms with Crippen LogP contribution in [0.4, 0.5) is 17.3 Å². The van der Waals surface area contributed by atoms with Gasteiger partial charge in [-0.15, -0.1) is 0 Å². The zero-order valence-electron chi connectivity index (χ0n) is 15.6. The first-order valence-electron chi connectivity index (χ1n) is 8.44. The number of rotatable bonds is 5. The minimum Gasteiger partial charge on any atom is -0.504 e. The van der Waals surface area contributed by atoms with Gasteiger partial charge in [-0.2, -0.15) is 14.0 Å². The van der Waals surface area contributed by atoms with Crippen molar-refractivity contribution in [2.75, 3.05) is 10.6 Å². The third-order valence-corrected chi connectivity index (χ3v) is 4.62. The van der Waals surface area contributed by atoms with Gasteiger partial charge in [-0.1, -0.05) is 26.8 Å². The molecule has 3 aromatic rings. The smallest absolute Gasteiger partial charge is 0.188 e. The fraction of sp³-hybridized carbons (Fsp3) is 0.316. The largest absolute Gasteiger partial charge is 0.504 e. The van der Waals surface area contributed by atoms with Crippen molar-refractivity contribution in [1.82, 2.24) is 8.75 Å². The summed E-state index contributed by atoms with van der Waals surface area (Å²) in [5.74, 6) is 2.56. The van der Waals surface area contributed by atoms with Crippen LogP contribution in [0, 0.1) is 23.7 Å². The summed E-state index contributed by atoms with van der Waals surface area (Å²) in [5, 5.41) is 25.7. The Hall–Kier alpha value is -3.05. The molecule has 0 saturated heterocycles. The van der Waals surface area contributed by atoms with E-state index in [9.17, 15) is 5.11 Å². The van der Waals surface area contributed by atoms with E-state index in [2.05, 4.69) is 40.2 Å². The summed E-state index contributed by atoms with van der Waals surface area (Å²) in [7, 11) is 0. The fourth-order valence-electron chi connectivity index (χ4n) is 2.69. The van der Waals surface area contributed by atoms with Crippen molar-refractivity contribution >= 4 is 29.1 Å². The average molecular weight is 383 g/mol. The number of hydrogen-bond acceptors (Lipinski definition) is 8. The van der Waals surface area contributed by atoms with Gasteiger partial charge in [0.1, 0.15) is 17.6 Å². The van der Waals surface area contributed by atoms with Gasteiger partial charge in [-0.3, -0.25) is 0 Å². The highest BCUT2D eigenvalue weighted by Crippen LogP contribution is 2.39. The number of aromatic hydroxyl groups is 1. The summed E-state index contributed by atoms with van der Waals surface area (Å²) in [6, 6.07) is 10.6. The molecule has 0 amide bonds. The van der Waals surface area contributed by atoms with Crippen molar-refractivity contribution in [3.63, 3.8) is 0 Å². The Morgan fingerprint density at radius 3 is 2.56 bits per heavy atom. The number of nitrogens with one attached hydrogen (secondary N) is 2. The molecule has 0 spiro atoms. The van der Waals surface area contributed by atoms with E-state index in [-0.39, 0.29) is 22.8 Å². The van der Waals surface area contributed by atoms with Crippen molar-refractivity contribution < 1.29 is 9.52 Å². The molecule has 140 valence electrons. The van der Waals surface area contributed by atoms with E-state index in [0.29, 0.717) is 17.3 Å². The summed E-state index contributed by atoms with van der Waals surface area (Å²) in [6.07, 6.45) is 0. The van der Waals surface area contributed by atoms with Crippen molar-refractivity contribution in [3.8, 4) is 11.8 Å². The molecule has 3 rings (SSSR count). The minimum atomic E-state index is -0.145. The number of aryl methyl sites for hydroxylation is 1. The predicted octanol–water partition coefficient (Wildman–Crippen LogP) is 4.96. The van der Waals surface area contributed by atoms with Crippen LogP contribution in [0.1, 0.15) is 43.9 Å². The van der Waals surface area contributed by atoms with E-state index in [1.54, 1.807) is 18.2 Å². The molecular weight excluding hydrogens is 362 g/mol. The average Bonchev–Trinajstić information content (AvgIpc) is 3.22. The molecule has 0 saturated carbocycles. The zero-order valence-corrected chi connectivity index (χ0v) is 16.4. The van der Waals surface area contributed by atoms with Gasteiger partial charge in [0.2, 0.25) is 0 Å². The number of furan rings is 1. The van der Waals surface area contributed by atoms with Crippen LogP contribution in [0.5, 0.6) is 5.75 Å². The monoisotopic (exact) mass is 383 g/mol. The molecule has 2 aromatic heterocycles. The lowest BCUT2D eigenvalue weighted by Gasteiger charge is -2.30. The number of hydrogen-bond donors (Lipinski definition) is 3. The Labute approximate surface area is 162 Å². The maximum absolute atomic E-state index is 10.2. The number of aromatic nitrogens is 2. The third-order valence-electron chi connectivity index (χ3n) is 4.09. The first-order chi connectivity index (χ1) is 12.8. The Bertz CT molecular complexity index is 981. The van der Waals surface area contributed by atoms with Gasteiger partial charge >= 0.3 is 0 Å². The van der Waals surface area contributed by atoms with Crippen LogP contribution < -0.4 is 10.6 Å². The van der Waals surface area contributed by atoms with E-state index in [1.807, 2.05) is 25.1 Å². The lowest BCUT2D eigenvalue weighted by molar-refractivity contribution is 0.300. The van der Waals surface area contributed by atoms with Gasteiger partial charge < -0.3 is 20.2 Å². The topological polar surface area (TPSA) is 107 Å². The standard InChI is InChI=1S/C19H21N5O2S/c1-11-8-9-14(26-11)16(19(2,3)4)22-18-17(23-27-24-18)21-13-7-5-6-12(10-20)15(13)25/h5-9,16,25H,1-4H3,(H,21,23)(H,22,24)/t16-/m0/s1. The SMILES string of the molecule is Cc1ccc([C@H](Nc2nsnc2Nc2cccc(C#N)c2O)C(C)(C)C)o1. The van der Waals surface area contributed by atoms with Crippen LogP contribution in [0.3, 0.4) is 0 Å². The normalized spacial score (nSPS) is 12.4. The van der Waals surface area contributed by atoms with E-state index >= 15 is 0 Å². The molecular formula is C19H21N5O2S. The first-order valence-corrected chi connectivity index (χ1v) is 9.17. The van der Waals surface area contributed by atoms with Crippen LogP contribution in [0.2, 0.25) is 0 Å². The fourth-order valence-corrected chi connectivity index (χ4v) is 3.16. The van der Waals surface area contributed by atoms with Crippen LogP contribution >= 0.6 is 11.7 Å². The molecule has 0 bridgehead atoms. The lowest BCUT2D eigenvalue weighted by atomic mass is 9.85. The zero-order chi connectivity index (χ0) is 19.6. The second-order valence-corrected chi connectivity index (χ2v) is 7.82. The number of phenols is 1. The number of phenolic OH excluding ortho intramolecular Hbond substituents is 1. The van der Waals surface area contributed by atoms with Gasteiger partial charge in [-0.05, 0) is 36.6 Å². The summed E-state index contributed by atoms with van der Waals surface area (Å²) in [4.78, 5) is 0. The number of nitrogens with zero attached hydrogens (tertiary/aromatic N) is 3. The molecule has 0 aliphatic carbocycles. The van der Waals surface area contributed by atoms with E-state index < -0.39 is 0 Å². The molecule has 8 heteroatoms. The maximum Gasteiger partial charge on any atom is 0.188 e. The van der Waals surface area contributed by atoms with Crippen LogP contribution in [-0.2, 0) is 0 Å². The van der Waals surface area contributed by atoms with Crippen LogP contribution in [0.25, 0.3) is 0 Å². The Kier molecular flexibility index (Phi) is 5.06. The predicted molar refractivity (Wildman–Crippen MR) is 105 cm³/mol. The van der Waals surface area contributed by atoms with Crippen LogP contribution in [0.15, 0.2) is 34.7 Å². The molecule has 7 nitrogen and oxygen atoms in total. The lowest BCUT2D eigenvalue weighted by Crippen LogP contribution is -2.25. The summed E-state index contributed by atoms with van der Waals surface area (Å²) in [5.41, 5.74) is 0.441. The third kappa shape index (κ3) is 4.04. The molecule has 0 aliphatic heterocycles. The molecule has 3 N–H and O–H groups in total. The highest BCUT2D eigenvalue weighted by atomic mass is 32.1. The number of nitriles is 1.